The molecule has 21 heavy (non-hydrogen) atoms. The van der Waals surface area contributed by atoms with Crippen LogP contribution in [0.2, 0.25) is 0 Å². The molecule has 0 aliphatic carbocycles. The van der Waals surface area contributed by atoms with E-state index in [2.05, 4.69) is 10.6 Å². The molecule has 1 unspecified atom stereocenters. The summed E-state index contributed by atoms with van der Waals surface area (Å²) in [4.78, 5) is 22.6. The maximum absolute atomic E-state index is 11.7. The lowest BCUT2D eigenvalue weighted by Crippen LogP contribution is -2.40. The molecule has 1 aromatic carbocycles. The summed E-state index contributed by atoms with van der Waals surface area (Å²) in [6.45, 7) is 4.17. The zero-order valence-corrected chi connectivity index (χ0v) is 13.0. The van der Waals surface area contributed by atoms with Crippen LogP contribution in [-0.2, 0) is 9.59 Å². The fourth-order valence-corrected chi connectivity index (χ4v) is 1.67. The number of rotatable bonds is 7. The standard InChI is InChI=1S/C14H21N3O3.ClH/c1-3-20-12-6-4-5-11(7-12)10(2)17-14(19)9-16-13(18)8-15;/h4-7,10H,3,8-9,15H2,1-2H3,(H,16,18)(H,17,19);1H. The number of carbonyl (C=O) groups is 2. The van der Waals surface area contributed by atoms with E-state index in [1.165, 1.54) is 0 Å². The van der Waals surface area contributed by atoms with E-state index in [1.54, 1.807) is 0 Å². The minimum atomic E-state index is -0.355. The first kappa shape index (κ1) is 19.2. The molecule has 0 radical (unpaired) electrons. The van der Waals surface area contributed by atoms with Gasteiger partial charge in [0.25, 0.3) is 0 Å². The second-order valence-electron chi connectivity index (χ2n) is 4.28. The summed E-state index contributed by atoms with van der Waals surface area (Å²) in [7, 11) is 0. The van der Waals surface area contributed by atoms with Crippen molar-refractivity contribution in [1.29, 1.82) is 0 Å². The third kappa shape index (κ3) is 6.97. The molecule has 0 saturated carbocycles. The van der Waals surface area contributed by atoms with E-state index in [4.69, 9.17) is 10.5 Å². The minimum absolute atomic E-state index is 0. The Morgan fingerprint density at radius 3 is 2.67 bits per heavy atom. The molecule has 2 amide bonds. The largest absolute Gasteiger partial charge is 0.494 e. The molecule has 118 valence electrons. The van der Waals surface area contributed by atoms with Crippen molar-refractivity contribution in [1.82, 2.24) is 10.6 Å². The van der Waals surface area contributed by atoms with Gasteiger partial charge in [-0.05, 0) is 31.5 Å². The summed E-state index contributed by atoms with van der Waals surface area (Å²) < 4.78 is 5.41. The van der Waals surface area contributed by atoms with Crippen molar-refractivity contribution in [2.45, 2.75) is 19.9 Å². The molecule has 0 aromatic heterocycles. The first-order valence-electron chi connectivity index (χ1n) is 6.55. The number of hydrogen-bond acceptors (Lipinski definition) is 4. The van der Waals surface area contributed by atoms with Crippen molar-refractivity contribution < 1.29 is 14.3 Å². The van der Waals surface area contributed by atoms with Gasteiger partial charge in [-0.3, -0.25) is 9.59 Å². The zero-order chi connectivity index (χ0) is 15.0. The molecule has 0 bridgehead atoms. The van der Waals surface area contributed by atoms with Gasteiger partial charge in [0.15, 0.2) is 0 Å². The molecule has 0 fully saturated rings. The predicted octanol–water partition coefficient (Wildman–Crippen LogP) is 0.759. The molecule has 0 heterocycles. The van der Waals surface area contributed by atoms with E-state index < -0.39 is 0 Å². The van der Waals surface area contributed by atoms with Crippen LogP contribution in [-0.4, -0.2) is 31.5 Å². The maximum atomic E-state index is 11.7. The highest BCUT2D eigenvalue weighted by Crippen LogP contribution is 2.18. The van der Waals surface area contributed by atoms with Gasteiger partial charge in [0.1, 0.15) is 5.75 Å². The van der Waals surface area contributed by atoms with Crippen molar-refractivity contribution in [3.63, 3.8) is 0 Å². The van der Waals surface area contributed by atoms with Crippen LogP contribution in [0.4, 0.5) is 0 Å². The van der Waals surface area contributed by atoms with Crippen molar-refractivity contribution in [2.24, 2.45) is 5.73 Å². The van der Waals surface area contributed by atoms with Gasteiger partial charge in [0.2, 0.25) is 11.8 Å². The summed E-state index contributed by atoms with van der Waals surface area (Å²) in [6.07, 6.45) is 0. The van der Waals surface area contributed by atoms with Crippen LogP contribution in [0.25, 0.3) is 0 Å². The first-order chi connectivity index (χ1) is 9.56. The topological polar surface area (TPSA) is 93.5 Å². The smallest absolute Gasteiger partial charge is 0.239 e. The van der Waals surface area contributed by atoms with Gasteiger partial charge in [-0.2, -0.15) is 0 Å². The molecule has 1 atom stereocenters. The molecular weight excluding hydrogens is 294 g/mol. The minimum Gasteiger partial charge on any atom is -0.494 e. The number of halogens is 1. The second-order valence-corrected chi connectivity index (χ2v) is 4.28. The molecule has 0 aliphatic rings. The van der Waals surface area contributed by atoms with Gasteiger partial charge < -0.3 is 21.1 Å². The van der Waals surface area contributed by atoms with Crippen LogP contribution in [0.15, 0.2) is 24.3 Å². The number of ether oxygens (including phenoxy) is 1. The molecule has 7 heteroatoms. The van der Waals surface area contributed by atoms with Crippen LogP contribution in [0.3, 0.4) is 0 Å². The summed E-state index contributed by atoms with van der Waals surface area (Å²) in [5.41, 5.74) is 6.08. The number of carbonyl (C=O) groups excluding carboxylic acids is 2. The molecule has 1 aromatic rings. The molecule has 1 rings (SSSR count). The molecule has 4 N–H and O–H groups in total. The van der Waals surface area contributed by atoms with E-state index in [9.17, 15) is 9.59 Å². The van der Waals surface area contributed by atoms with Crippen LogP contribution < -0.4 is 21.1 Å². The van der Waals surface area contributed by atoms with E-state index >= 15 is 0 Å². The number of nitrogens with two attached hydrogens (primary N) is 1. The van der Waals surface area contributed by atoms with Gasteiger partial charge in [-0.25, -0.2) is 0 Å². The number of hydrogen-bond donors (Lipinski definition) is 3. The van der Waals surface area contributed by atoms with Gasteiger partial charge in [0.05, 0.1) is 25.7 Å². The number of amides is 2. The summed E-state index contributed by atoms with van der Waals surface area (Å²) in [5, 5.41) is 5.21. The van der Waals surface area contributed by atoms with Gasteiger partial charge in [-0.1, -0.05) is 12.1 Å². The fourth-order valence-electron chi connectivity index (χ4n) is 1.67. The summed E-state index contributed by atoms with van der Waals surface area (Å²) in [5.74, 6) is 0.148. The van der Waals surface area contributed by atoms with Crippen molar-refractivity contribution in [3.05, 3.63) is 29.8 Å². The Kier molecular flexibility index (Phi) is 9.16. The Morgan fingerprint density at radius 2 is 2.05 bits per heavy atom. The Labute approximate surface area is 130 Å². The highest BCUT2D eigenvalue weighted by atomic mass is 35.5. The quantitative estimate of drug-likeness (QED) is 0.692. The molecule has 0 spiro atoms. The van der Waals surface area contributed by atoms with Gasteiger partial charge in [-0.15, -0.1) is 12.4 Å². The average molecular weight is 316 g/mol. The van der Waals surface area contributed by atoms with E-state index in [1.807, 2.05) is 38.1 Å². The Balaban J connectivity index is 0.00000400. The highest BCUT2D eigenvalue weighted by molar-refractivity contribution is 5.85. The lowest BCUT2D eigenvalue weighted by molar-refractivity contribution is -0.125. The van der Waals surface area contributed by atoms with Crippen LogP contribution >= 0.6 is 12.4 Å². The van der Waals surface area contributed by atoms with Crippen molar-refractivity contribution in [3.8, 4) is 5.75 Å². The van der Waals surface area contributed by atoms with E-state index in [0.717, 1.165) is 11.3 Å². The Bertz CT molecular complexity index is 469. The second kappa shape index (κ2) is 10.0. The third-order valence-corrected chi connectivity index (χ3v) is 2.68. The van der Waals surface area contributed by atoms with E-state index in [-0.39, 0.29) is 43.4 Å². The lowest BCUT2D eigenvalue weighted by Gasteiger charge is -2.15. The van der Waals surface area contributed by atoms with Crippen molar-refractivity contribution in [2.75, 3.05) is 19.7 Å². The van der Waals surface area contributed by atoms with Crippen LogP contribution in [0, 0.1) is 0 Å². The SMILES string of the molecule is CCOc1cccc(C(C)NC(=O)CNC(=O)CN)c1.Cl. The van der Waals surface area contributed by atoms with E-state index in [0.29, 0.717) is 6.61 Å². The van der Waals surface area contributed by atoms with Gasteiger partial charge >= 0.3 is 0 Å². The molecule has 6 nitrogen and oxygen atoms in total. The molecule has 0 saturated heterocycles. The van der Waals surface area contributed by atoms with Crippen molar-refractivity contribution >= 4 is 24.2 Å². The lowest BCUT2D eigenvalue weighted by atomic mass is 10.1. The van der Waals surface area contributed by atoms with Crippen LogP contribution in [0.5, 0.6) is 5.75 Å². The highest BCUT2D eigenvalue weighted by Gasteiger charge is 2.10. The summed E-state index contributed by atoms with van der Waals surface area (Å²) >= 11 is 0. The summed E-state index contributed by atoms with van der Waals surface area (Å²) in [6, 6.07) is 7.36. The zero-order valence-electron chi connectivity index (χ0n) is 12.2. The average Bonchev–Trinajstić information content (AvgIpc) is 2.45. The molecular formula is C14H22ClN3O3. The number of benzene rings is 1. The monoisotopic (exact) mass is 315 g/mol. The maximum Gasteiger partial charge on any atom is 0.239 e. The Morgan fingerprint density at radius 1 is 1.33 bits per heavy atom. The van der Waals surface area contributed by atoms with Gasteiger partial charge in [0, 0.05) is 0 Å². The fraction of sp³-hybridized carbons (Fsp3) is 0.429. The Hall–Kier alpha value is -1.79. The first-order valence-corrected chi connectivity index (χ1v) is 6.55. The molecule has 0 aliphatic heterocycles. The number of nitrogens with one attached hydrogen (secondary N) is 2. The van der Waals surface area contributed by atoms with Crippen LogP contribution in [0.1, 0.15) is 25.5 Å². The normalized spacial score (nSPS) is 11.0. The predicted molar refractivity (Wildman–Crippen MR) is 83.5 cm³/mol. The third-order valence-electron chi connectivity index (χ3n) is 2.68.